The summed E-state index contributed by atoms with van der Waals surface area (Å²) in [5.74, 6) is -0.0668. The first-order valence-corrected chi connectivity index (χ1v) is 4.98. The van der Waals surface area contributed by atoms with E-state index < -0.39 is 0 Å². The number of benzene rings is 1. The maximum Gasteiger partial charge on any atom is 0.263 e. The molecule has 4 nitrogen and oxygen atoms in total. The van der Waals surface area contributed by atoms with Crippen molar-refractivity contribution in [3.05, 3.63) is 48.5 Å². The summed E-state index contributed by atoms with van der Waals surface area (Å²) >= 11 is 0. The van der Waals surface area contributed by atoms with Gasteiger partial charge in [0.2, 0.25) is 0 Å². The third-order valence-electron chi connectivity index (χ3n) is 2.37. The number of hydrogen-bond donors (Lipinski definition) is 0. The van der Waals surface area contributed by atoms with Crippen LogP contribution in [-0.4, -0.2) is 29.6 Å². The van der Waals surface area contributed by atoms with Crippen LogP contribution in [0.2, 0.25) is 0 Å². The van der Waals surface area contributed by atoms with E-state index in [2.05, 4.69) is 4.98 Å². The maximum atomic E-state index is 11.9. The second kappa shape index (κ2) is 4.18. The van der Waals surface area contributed by atoms with Gasteiger partial charge in [0.15, 0.2) is 0 Å². The van der Waals surface area contributed by atoms with Gasteiger partial charge in [0.05, 0.1) is 0 Å². The van der Waals surface area contributed by atoms with Crippen LogP contribution in [0.5, 0.6) is 0 Å². The lowest BCUT2D eigenvalue weighted by Gasteiger charge is -2.12. The second-order valence-electron chi connectivity index (χ2n) is 3.72. The molecule has 0 aliphatic heterocycles. The zero-order chi connectivity index (χ0) is 11.5. The highest BCUT2D eigenvalue weighted by atomic mass is 16.2. The molecule has 82 valence electrons. The van der Waals surface area contributed by atoms with Crippen molar-refractivity contribution in [1.82, 2.24) is 9.55 Å². The number of hydrogen-bond acceptors (Lipinski definition) is 3. The van der Waals surface area contributed by atoms with Crippen molar-refractivity contribution in [3.8, 4) is 0 Å². The zero-order valence-electron chi connectivity index (χ0n) is 9.29. The Morgan fingerprint density at radius 1 is 1.25 bits per heavy atom. The number of nitrogens with zero attached hydrogens (tertiary/aromatic N) is 3. The van der Waals surface area contributed by atoms with Crippen LogP contribution in [0.1, 0.15) is 10.4 Å². The normalized spacial score (nSPS) is 10.1. The predicted octanol–water partition coefficient (Wildman–Crippen LogP) is 1.64. The van der Waals surface area contributed by atoms with Crippen molar-refractivity contribution in [2.24, 2.45) is 0 Å². The molecule has 0 bridgehead atoms. The number of aromatic nitrogens is 2. The summed E-state index contributed by atoms with van der Waals surface area (Å²) in [6, 6.07) is 7.48. The largest absolute Gasteiger partial charge is 0.378 e. The van der Waals surface area contributed by atoms with Crippen molar-refractivity contribution >= 4 is 11.6 Å². The van der Waals surface area contributed by atoms with Gasteiger partial charge in [-0.2, -0.15) is 0 Å². The predicted molar refractivity (Wildman–Crippen MR) is 62.7 cm³/mol. The van der Waals surface area contributed by atoms with Gasteiger partial charge in [0.25, 0.3) is 5.91 Å². The van der Waals surface area contributed by atoms with Gasteiger partial charge in [0.1, 0.15) is 6.33 Å². The zero-order valence-corrected chi connectivity index (χ0v) is 9.29. The van der Waals surface area contributed by atoms with E-state index in [0.717, 1.165) is 5.69 Å². The van der Waals surface area contributed by atoms with Crippen LogP contribution >= 0.6 is 0 Å². The minimum absolute atomic E-state index is 0.0668. The first kappa shape index (κ1) is 10.4. The molecule has 0 saturated carbocycles. The van der Waals surface area contributed by atoms with Crippen molar-refractivity contribution in [2.45, 2.75) is 0 Å². The van der Waals surface area contributed by atoms with Gasteiger partial charge in [-0.3, -0.25) is 9.36 Å². The molecule has 0 spiro atoms. The van der Waals surface area contributed by atoms with Gasteiger partial charge in [0, 0.05) is 37.7 Å². The molecule has 0 fully saturated rings. The van der Waals surface area contributed by atoms with E-state index in [1.54, 1.807) is 12.4 Å². The number of carbonyl (C=O) groups excluding carboxylic acids is 1. The molecule has 0 radical (unpaired) electrons. The molecule has 16 heavy (non-hydrogen) atoms. The average Bonchev–Trinajstić information content (AvgIpc) is 2.81. The summed E-state index contributed by atoms with van der Waals surface area (Å²) in [6.07, 6.45) is 4.73. The first-order chi connectivity index (χ1) is 7.68. The van der Waals surface area contributed by atoms with Gasteiger partial charge < -0.3 is 4.90 Å². The Labute approximate surface area is 94.1 Å². The molecule has 0 aliphatic carbocycles. The first-order valence-electron chi connectivity index (χ1n) is 4.98. The second-order valence-corrected chi connectivity index (χ2v) is 3.72. The highest BCUT2D eigenvalue weighted by Crippen LogP contribution is 2.13. The fourth-order valence-corrected chi connectivity index (χ4v) is 1.43. The van der Waals surface area contributed by atoms with E-state index in [4.69, 9.17) is 0 Å². The van der Waals surface area contributed by atoms with Crippen LogP contribution in [0.15, 0.2) is 43.0 Å². The highest BCUT2D eigenvalue weighted by molar-refractivity contribution is 5.96. The molecular formula is C12H13N3O. The van der Waals surface area contributed by atoms with Crippen LogP contribution < -0.4 is 4.90 Å². The van der Waals surface area contributed by atoms with Crippen LogP contribution in [0.3, 0.4) is 0 Å². The quantitative estimate of drug-likeness (QED) is 0.764. The molecule has 2 rings (SSSR count). The molecule has 4 heteroatoms. The molecule has 1 heterocycles. The van der Waals surface area contributed by atoms with Crippen LogP contribution in [0.4, 0.5) is 5.69 Å². The van der Waals surface area contributed by atoms with Crippen molar-refractivity contribution in [3.63, 3.8) is 0 Å². The van der Waals surface area contributed by atoms with E-state index in [1.807, 2.05) is 43.3 Å². The van der Waals surface area contributed by atoms with Crippen LogP contribution in [0.25, 0.3) is 0 Å². The number of rotatable bonds is 2. The Balaban J connectivity index is 2.25. The molecule has 0 N–H and O–H groups in total. The van der Waals surface area contributed by atoms with E-state index >= 15 is 0 Å². The molecule has 0 saturated heterocycles. The van der Waals surface area contributed by atoms with Crippen LogP contribution in [-0.2, 0) is 0 Å². The summed E-state index contributed by atoms with van der Waals surface area (Å²) in [4.78, 5) is 17.7. The Hall–Kier alpha value is -2.10. The van der Waals surface area contributed by atoms with Crippen molar-refractivity contribution in [2.75, 3.05) is 19.0 Å². The van der Waals surface area contributed by atoms with E-state index in [9.17, 15) is 4.79 Å². The third kappa shape index (κ3) is 1.95. The Morgan fingerprint density at radius 2 is 1.94 bits per heavy atom. The third-order valence-corrected chi connectivity index (χ3v) is 2.37. The fourth-order valence-electron chi connectivity index (χ4n) is 1.43. The summed E-state index contributed by atoms with van der Waals surface area (Å²) in [6.45, 7) is 0. The lowest BCUT2D eigenvalue weighted by molar-refractivity contribution is 0.0960. The molecule has 0 amide bonds. The van der Waals surface area contributed by atoms with Gasteiger partial charge in [-0.05, 0) is 24.3 Å². The van der Waals surface area contributed by atoms with Gasteiger partial charge in [-0.1, -0.05) is 0 Å². The van der Waals surface area contributed by atoms with E-state index in [1.165, 1.54) is 10.9 Å². The minimum atomic E-state index is -0.0668. The molecule has 0 aliphatic rings. The molecule has 1 aromatic carbocycles. The number of anilines is 1. The lowest BCUT2D eigenvalue weighted by Crippen LogP contribution is -2.11. The van der Waals surface area contributed by atoms with Crippen molar-refractivity contribution in [1.29, 1.82) is 0 Å². The lowest BCUT2D eigenvalue weighted by atomic mass is 10.2. The smallest absolute Gasteiger partial charge is 0.263 e. The number of imidazole rings is 1. The van der Waals surface area contributed by atoms with Crippen molar-refractivity contribution < 1.29 is 4.79 Å². The van der Waals surface area contributed by atoms with Crippen LogP contribution in [0, 0.1) is 0 Å². The molecule has 0 unspecified atom stereocenters. The molecule has 0 atom stereocenters. The average molecular weight is 215 g/mol. The number of carbonyl (C=O) groups is 1. The van der Waals surface area contributed by atoms with Gasteiger partial charge in [-0.25, -0.2) is 4.98 Å². The monoisotopic (exact) mass is 215 g/mol. The Bertz CT molecular complexity index is 471. The molecular weight excluding hydrogens is 202 g/mol. The topological polar surface area (TPSA) is 38.1 Å². The summed E-state index contributed by atoms with van der Waals surface area (Å²) < 4.78 is 1.46. The Morgan fingerprint density at radius 3 is 2.44 bits per heavy atom. The standard InChI is InChI=1S/C12H13N3O/c1-14(2)11-5-3-10(4-6-11)12(16)15-8-7-13-9-15/h3-9H,1-2H3. The molecule has 1 aromatic heterocycles. The summed E-state index contributed by atoms with van der Waals surface area (Å²) in [5.41, 5.74) is 1.73. The highest BCUT2D eigenvalue weighted by Gasteiger charge is 2.07. The fraction of sp³-hybridized carbons (Fsp3) is 0.167. The van der Waals surface area contributed by atoms with Gasteiger partial charge in [-0.15, -0.1) is 0 Å². The minimum Gasteiger partial charge on any atom is -0.378 e. The molecule has 2 aromatic rings. The Kier molecular flexibility index (Phi) is 2.72. The SMILES string of the molecule is CN(C)c1ccc(C(=O)n2ccnc2)cc1. The van der Waals surface area contributed by atoms with E-state index in [-0.39, 0.29) is 5.91 Å². The van der Waals surface area contributed by atoms with Gasteiger partial charge >= 0.3 is 0 Å². The van der Waals surface area contributed by atoms with E-state index in [0.29, 0.717) is 5.56 Å². The summed E-state index contributed by atoms with van der Waals surface area (Å²) in [7, 11) is 3.93. The maximum absolute atomic E-state index is 11.9. The summed E-state index contributed by atoms with van der Waals surface area (Å²) in [5, 5.41) is 0.